The van der Waals surface area contributed by atoms with Crippen LogP contribution in [0.4, 0.5) is 11.4 Å². The molecule has 0 aromatic heterocycles. The van der Waals surface area contributed by atoms with Crippen LogP contribution in [0.3, 0.4) is 0 Å². The third kappa shape index (κ3) is 3.28. The lowest BCUT2D eigenvalue weighted by Gasteiger charge is -2.46. The molecule has 4 rings (SSSR count). The molecule has 0 radical (unpaired) electrons. The molecule has 3 atom stereocenters. The van der Waals surface area contributed by atoms with Crippen molar-refractivity contribution in [1.82, 2.24) is 0 Å². The van der Waals surface area contributed by atoms with Gasteiger partial charge in [0.05, 0.1) is 17.7 Å². The molecule has 1 aliphatic heterocycles. The normalized spacial score (nSPS) is 24.1. The molecular formula is C22H22ClN3O. The number of hydrogen-bond donors (Lipinski definition) is 1. The van der Waals surface area contributed by atoms with Crippen molar-refractivity contribution < 1.29 is 4.79 Å². The summed E-state index contributed by atoms with van der Waals surface area (Å²) in [4.78, 5) is 14.5. The van der Waals surface area contributed by atoms with Gasteiger partial charge in [0.25, 0.3) is 0 Å². The van der Waals surface area contributed by atoms with Crippen LogP contribution in [0.15, 0.2) is 42.5 Å². The van der Waals surface area contributed by atoms with E-state index in [1.807, 2.05) is 41.3 Å². The highest BCUT2D eigenvalue weighted by atomic mass is 35.5. The second-order valence-corrected chi connectivity index (χ2v) is 8.03. The van der Waals surface area contributed by atoms with E-state index in [1.54, 1.807) is 13.0 Å². The molecule has 1 aliphatic carbocycles. The number of carbonyl (C=O) groups excluding carboxylic acids is 1. The molecule has 1 heterocycles. The molecule has 1 amide bonds. The molecule has 5 heteroatoms. The van der Waals surface area contributed by atoms with Gasteiger partial charge in [-0.2, -0.15) is 5.26 Å². The molecule has 2 aromatic carbocycles. The van der Waals surface area contributed by atoms with Crippen molar-refractivity contribution in [2.24, 2.45) is 11.8 Å². The van der Waals surface area contributed by atoms with Crippen LogP contribution in [-0.2, 0) is 4.79 Å². The molecule has 138 valence electrons. The van der Waals surface area contributed by atoms with E-state index in [1.165, 1.54) is 0 Å². The second kappa shape index (κ2) is 6.90. The molecular weight excluding hydrogens is 358 g/mol. The molecule has 1 N–H and O–H groups in total. The average Bonchev–Trinajstić information content (AvgIpc) is 3.47. The minimum Gasteiger partial charge on any atom is -0.378 e. The highest BCUT2D eigenvalue weighted by molar-refractivity contribution is 6.30. The highest BCUT2D eigenvalue weighted by Crippen LogP contribution is 2.50. The Labute approximate surface area is 164 Å². The Kier molecular flexibility index (Phi) is 4.57. The number of rotatable bonds is 3. The number of nitrogens with zero attached hydrogens (tertiary/aromatic N) is 2. The number of hydrogen-bond acceptors (Lipinski definition) is 3. The van der Waals surface area contributed by atoms with Gasteiger partial charge in [0.2, 0.25) is 5.91 Å². The minimum atomic E-state index is 0.00738. The van der Waals surface area contributed by atoms with Crippen LogP contribution in [-0.4, -0.2) is 11.9 Å². The molecule has 27 heavy (non-hydrogen) atoms. The van der Waals surface area contributed by atoms with Crippen LogP contribution in [0.25, 0.3) is 0 Å². The molecule has 0 spiro atoms. The maximum Gasteiger partial charge on any atom is 0.224 e. The smallest absolute Gasteiger partial charge is 0.224 e. The molecule has 0 unspecified atom stereocenters. The maximum absolute atomic E-state index is 12.5. The Morgan fingerprint density at radius 2 is 2.04 bits per heavy atom. The van der Waals surface area contributed by atoms with Crippen LogP contribution < -0.4 is 10.2 Å². The summed E-state index contributed by atoms with van der Waals surface area (Å²) in [7, 11) is 0. The third-order valence-electron chi connectivity index (χ3n) is 5.70. The van der Waals surface area contributed by atoms with Crippen LogP contribution in [0.2, 0.25) is 5.02 Å². The van der Waals surface area contributed by atoms with Crippen molar-refractivity contribution in [2.45, 2.75) is 38.8 Å². The molecule has 4 nitrogen and oxygen atoms in total. The molecule has 1 fully saturated rings. The van der Waals surface area contributed by atoms with Gasteiger partial charge < -0.3 is 10.2 Å². The van der Waals surface area contributed by atoms with Crippen molar-refractivity contribution in [2.75, 3.05) is 10.2 Å². The van der Waals surface area contributed by atoms with Gasteiger partial charge in [0, 0.05) is 35.3 Å². The van der Waals surface area contributed by atoms with Crippen molar-refractivity contribution in [3.8, 4) is 6.07 Å². The molecule has 2 aliphatic rings. The average molecular weight is 380 g/mol. The van der Waals surface area contributed by atoms with Gasteiger partial charge in [-0.05, 0) is 60.7 Å². The van der Waals surface area contributed by atoms with Gasteiger partial charge in [0.15, 0.2) is 0 Å². The topological polar surface area (TPSA) is 56.1 Å². The van der Waals surface area contributed by atoms with Gasteiger partial charge >= 0.3 is 0 Å². The molecule has 0 saturated heterocycles. The number of amides is 1. The van der Waals surface area contributed by atoms with Crippen LogP contribution in [0, 0.1) is 23.2 Å². The Morgan fingerprint density at radius 1 is 1.26 bits per heavy atom. The number of anilines is 2. The summed E-state index contributed by atoms with van der Waals surface area (Å²) in [5, 5.41) is 13.7. The monoisotopic (exact) mass is 379 g/mol. The SMILES string of the molecule is CC(=O)N1c2ccc(C#N)cc2[C@H](Nc2cccc(Cl)c2)[C@@H](C)[C@@H]1C1CC1. The zero-order valence-corrected chi connectivity index (χ0v) is 16.2. The molecule has 0 bridgehead atoms. The fraction of sp³-hybridized carbons (Fsp3) is 0.364. The first-order valence-electron chi connectivity index (χ1n) is 9.35. The number of fused-ring (bicyclic) bond motifs is 1. The zero-order valence-electron chi connectivity index (χ0n) is 15.4. The first-order valence-corrected chi connectivity index (χ1v) is 9.73. The Morgan fingerprint density at radius 3 is 2.67 bits per heavy atom. The Hall–Kier alpha value is -2.51. The minimum absolute atomic E-state index is 0.00738. The van der Waals surface area contributed by atoms with Gasteiger partial charge in [-0.15, -0.1) is 0 Å². The predicted octanol–water partition coefficient (Wildman–Crippen LogP) is 5.15. The molecule has 1 saturated carbocycles. The van der Waals surface area contributed by atoms with Gasteiger partial charge in [-0.25, -0.2) is 0 Å². The van der Waals surface area contributed by atoms with Crippen LogP contribution >= 0.6 is 11.6 Å². The standard InChI is InChI=1S/C22H22ClN3O/c1-13-21(25-18-5-3-4-17(23)11-18)19-10-15(12-24)6-9-20(19)26(14(2)27)22(13)16-7-8-16/h3-6,9-11,13,16,21-22,25H,7-8H2,1-2H3/t13-,21-,22-/m1/s1. The lowest BCUT2D eigenvalue weighted by atomic mass is 9.79. The summed E-state index contributed by atoms with van der Waals surface area (Å²) in [5.74, 6) is 0.809. The quantitative estimate of drug-likeness (QED) is 0.802. The Balaban J connectivity index is 1.82. The second-order valence-electron chi connectivity index (χ2n) is 7.59. The number of benzene rings is 2. The highest BCUT2D eigenvalue weighted by Gasteiger charge is 2.47. The zero-order chi connectivity index (χ0) is 19.1. The van der Waals surface area contributed by atoms with Gasteiger partial charge in [0.1, 0.15) is 0 Å². The van der Waals surface area contributed by atoms with E-state index in [0.717, 1.165) is 29.8 Å². The van der Waals surface area contributed by atoms with Gasteiger partial charge in [-0.1, -0.05) is 24.6 Å². The van der Waals surface area contributed by atoms with E-state index >= 15 is 0 Å². The number of nitrogens with one attached hydrogen (secondary N) is 1. The number of nitriles is 1. The van der Waals surface area contributed by atoms with E-state index in [2.05, 4.69) is 18.3 Å². The van der Waals surface area contributed by atoms with E-state index in [-0.39, 0.29) is 23.9 Å². The number of carbonyl (C=O) groups is 1. The summed E-state index contributed by atoms with van der Waals surface area (Å²) < 4.78 is 0. The summed E-state index contributed by atoms with van der Waals surface area (Å²) >= 11 is 6.16. The first kappa shape index (κ1) is 17.9. The van der Waals surface area contributed by atoms with Crippen LogP contribution in [0.5, 0.6) is 0 Å². The first-order chi connectivity index (χ1) is 13.0. The summed E-state index contributed by atoms with van der Waals surface area (Å²) in [6.07, 6.45) is 2.32. The van der Waals surface area contributed by atoms with Crippen molar-refractivity contribution >= 4 is 28.9 Å². The third-order valence-corrected chi connectivity index (χ3v) is 5.94. The lowest BCUT2D eigenvalue weighted by Crippen LogP contribution is -2.51. The van der Waals surface area contributed by atoms with Crippen molar-refractivity contribution in [3.63, 3.8) is 0 Å². The van der Waals surface area contributed by atoms with Crippen LogP contribution in [0.1, 0.15) is 43.9 Å². The Bertz CT molecular complexity index is 931. The lowest BCUT2D eigenvalue weighted by molar-refractivity contribution is -0.117. The van der Waals surface area contributed by atoms with E-state index in [9.17, 15) is 10.1 Å². The summed E-state index contributed by atoms with van der Waals surface area (Å²) in [6.45, 7) is 3.83. The van der Waals surface area contributed by atoms with Crippen molar-refractivity contribution in [3.05, 3.63) is 58.6 Å². The van der Waals surface area contributed by atoms with E-state index < -0.39 is 0 Å². The van der Waals surface area contributed by atoms with Crippen molar-refractivity contribution in [1.29, 1.82) is 5.26 Å². The fourth-order valence-electron chi connectivity index (χ4n) is 4.39. The maximum atomic E-state index is 12.5. The summed E-state index contributed by atoms with van der Waals surface area (Å²) in [6, 6.07) is 15.7. The van der Waals surface area contributed by atoms with E-state index in [0.29, 0.717) is 16.5 Å². The fourth-order valence-corrected chi connectivity index (χ4v) is 4.58. The summed E-state index contributed by atoms with van der Waals surface area (Å²) in [5.41, 5.74) is 3.45. The predicted molar refractivity (Wildman–Crippen MR) is 108 cm³/mol. The van der Waals surface area contributed by atoms with Gasteiger partial charge in [-0.3, -0.25) is 4.79 Å². The number of halogens is 1. The molecule has 2 aromatic rings. The van der Waals surface area contributed by atoms with E-state index in [4.69, 9.17) is 11.6 Å². The largest absolute Gasteiger partial charge is 0.378 e.